The smallest absolute Gasteiger partial charge is 0.304 e. The number of ether oxygens (including phenoxy) is 2. The van der Waals surface area contributed by atoms with Gasteiger partial charge in [-0.05, 0) is 50.8 Å². The first-order chi connectivity index (χ1) is 19.4. The summed E-state index contributed by atoms with van der Waals surface area (Å²) in [4.78, 5) is 35.5. The number of amides is 1. The summed E-state index contributed by atoms with van der Waals surface area (Å²) in [5.41, 5.74) is -0.0290. The van der Waals surface area contributed by atoms with Crippen molar-refractivity contribution in [3.63, 3.8) is 0 Å². The van der Waals surface area contributed by atoms with Gasteiger partial charge in [-0.2, -0.15) is 5.26 Å². The molecule has 0 aromatic heterocycles. The number of non-ortho nitro benzene ring substituents is 1. The Hall–Kier alpha value is -4.48. The maximum absolute atomic E-state index is 12.1. The zero-order valence-corrected chi connectivity index (χ0v) is 23.7. The van der Waals surface area contributed by atoms with Crippen LogP contribution in [0.4, 0.5) is 34.1 Å². The fourth-order valence-corrected chi connectivity index (χ4v) is 4.98. The molecule has 1 aliphatic heterocycles. The van der Waals surface area contributed by atoms with Gasteiger partial charge in [0.1, 0.15) is 11.8 Å². The number of anilines is 2. The highest BCUT2D eigenvalue weighted by molar-refractivity contribution is 5.93. The van der Waals surface area contributed by atoms with Crippen molar-refractivity contribution in [3.8, 4) is 6.07 Å². The SMILES string of the molecule is CCOCCOCCN1c2cc(NC(C)=O)c(N=Nc3c(C#N)cc([N+](=O)[O-])cc3[N+](=O)[O-])cc2[C@@H](C)CC1(C)C. The third-order valence-corrected chi connectivity index (χ3v) is 6.71. The molecule has 0 saturated carbocycles. The summed E-state index contributed by atoms with van der Waals surface area (Å²) in [7, 11) is 0. The quantitative estimate of drug-likeness (QED) is 0.141. The molecule has 14 heteroatoms. The van der Waals surface area contributed by atoms with Gasteiger partial charge >= 0.3 is 5.69 Å². The molecule has 1 aliphatic rings. The monoisotopic (exact) mass is 567 g/mol. The number of benzene rings is 2. The van der Waals surface area contributed by atoms with Gasteiger partial charge in [-0.1, -0.05) is 6.92 Å². The van der Waals surface area contributed by atoms with Crippen molar-refractivity contribution in [1.29, 1.82) is 5.26 Å². The first-order valence-electron chi connectivity index (χ1n) is 13.1. The van der Waals surface area contributed by atoms with E-state index in [-0.39, 0.29) is 28.6 Å². The Labute approximate surface area is 237 Å². The third kappa shape index (κ3) is 7.38. The molecule has 14 nitrogen and oxygen atoms in total. The highest BCUT2D eigenvalue weighted by Gasteiger charge is 2.37. The molecule has 1 N–H and O–H groups in total. The van der Waals surface area contributed by atoms with E-state index in [2.05, 4.69) is 41.2 Å². The molecule has 2 aromatic rings. The van der Waals surface area contributed by atoms with Crippen LogP contribution in [-0.4, -0.2) is 54.3 Å². The average Bonchev–Trinajstić information content (AvgIpc) is 2.89. The van der Waals surface area contributed by atoms with Crippen LogP contribution in [0.1, 0.15) is 58.1 Å². The average molecular weight is 568 g/mol. The molecular formula is C27H33N7O7. The van der Waals surface area contributed by atoms with E-state index in [0.29, 0.717) is 38.7 Å². The summed E-state index contributed by atoms with van der Waals surface area (Å²) >= 11 is 0. The Bertz CT molecular complexity index is 1400. The van der Waals surface area contributed by atoms with E-state index < -0.39 is 26.9 Å². The van der Waals surface area contributed by atoms with Gasteiger partial charge in [-0.15, -0.1) is 10.2 Å². The summed E-state index contributed by atoms with van der Waals surface area (Å²) in [6, 6.07) is 6.90. The van der Waals surface area contributed by atoms with Crippen LogP contribution in [0.25, 0.3) is 0 Å². The van der Waals surface area contributed by atoms with Crippen molar-refractivity contribution in [2.75, 3.05) is 43.2 Å². The number of carbonyl (C=O) groups excluding carboxylic acids is 1. The minimum atomic E-state index is -0.859. The van der Waals surface area contributed by atoms with E-state index in [0.717, 1.165) is 29.8 Å². The van der Waals surface area contributed by atoms with E-state index in [1.807, 2.05) is 6.92 Å². The van der Waals surface area contributed by atoms with Crippen molar-refractivity contribution < 1.29 is 24.1 Å². The fraction of sp³-hybridized carbons (Fsp3) is 0.481. The Morgan fingerprint density at radius 2 is 1.85 bits per heavy atom. The maximum Gasteiger partial charge on any atom is 0.304 e. The Morgan fingerprint density at radius 3 is 2.46 bits per heavy atom. The molecule has 1 amide bonds. The molecule has 0 saturated heterocycles. The van der Waals surface area contributed by atoms with E-state index >= 15 is 0 Å². The normalized spacial score (nSPS) is 15.8. The van der Waals surface area contributed by atoms with Gasteiger partial charge in [0.2, 0.25) is 5.91 Å². The molecule has 41 heavy (non-hydrogen) atoms. The Kier molecular flexibility index (Phi) is 10.0. The summed E-state index contributed by atoms with van der Waals surface area (Å²) in [5, 5.41) is 43.3. The summed E-state index contributed by atoms with van der Waals surface area (Å²) in [6.07, 6.45) is 0.807. The number of nitrogens with zero attached hydrogens (tertiary/aromatic N) is 6. The van der Waals surface area contributed by atoms with E-state index in [4.69, 9.17) is 9.47 Å². The lowest BCUT2D eigenvalue weighted by atomic mass is 9.79. The largest absolute Gasteiger partial charge is 0.379 e. The first-order valence-corrected chi connectivity index (χ1v) is 13.1. The molecule has 1 heterocycles. The van der Waals surface area contributed by atoms with Crippen LogP contribution in [-0.2, 0) is 14.3 Å². The number of nitro benzene ring substituents is 2. The van der Waals surface area contributed by atoms with Gasteiger partial charge in [0.05, 0.1) is 47.0 Å². The standard InChI is InChI=1S/C27H33N7O7/c1-6-40-9-10-41-8-7-32-24-14-22(29-18(3)35)23(13-21(24)17(2)15-27(32,4)5)30-31-26-19(16-28)11-20(33(36)37)12-25(26)34(38)39/h11-14,17H,6-10,15H2,1-5H3,(H,29,35)/t17-/m0/s1. The Balaban J connectivity index is 2.08. The number of nitrogens with one attached hydrogen (secondary N) is 1. The van der Waals surface area contributed by atoms with Gasteiger partial charge in [-0.3, -0.25) is 25.0 Å². The summed E-state index contributed by atoms with van der Waals surface area (Å²) < 4.78 is 11.1. The molecule has 0 radical (unpaired) electrons. The van der Waals surface area contributed by atoms with Crippen molar-refractivity contribution in [3.05, 3.63) is 55.6 Å². The minimum absolute atomic E-state index is 0.0961. The number of nitriles is 1. The number of carbonyl (C=O) groups is 1. The van der Waals surface area contributed by atoms with Gasteiger partial charge in [0.25, 0.3) is 5.69 Å². The zero-order valence-electron chi connectivity index (χ0n) is 23.7. The second kappa shape index (κ2) is 13.2. The molecule has 2 aromatic carbocycles. The number of fused-ring (bicyclic) bond motifs is 1. The zero-order chi connectivity index (χ0) is 30.3. The third-order valence-electron chi connectivity index (χ3n) is 6.71. The highest BCUT2D eigenvalue weighted by Crippen LogP contribution is 2.47. The maximum atomic E-state index is 12.1. The van der Waals surface area contributed by atoms with Crippen molar-refractivity contribution in [2.45, 2.75) is 52.5 Å². The summed E-state index contributed by atoms with van der Waals surface area (Å²) in [5.74, 6) is -0.270. The van der Waals surface area contributed by atoms with Crippen LogP contribution < -0.4 is 10.2 Å². The topological polar surface area (TPSA) is 186 Å². The Morgan fingerprint density at radius 1 is 1.15 bits per heavy atom. The molecule has 218 valence electrons. The van der Waals surface area contributed by atoms with Crippen LogP contribution in [0.5, 0.6) is 0 Å². The molecule has 3 rings (SSSR count). The molecular weight excluding hydrogens is 534 g/mol. The molecule has 0 fully saturated rings. The van der Waals surface area contributed by atoms with Crippen molar-refractivity contribution in [1.82, 2.24) is 0 Å². The van der Waals surface area contributed by atoms with Gasteiger partial charge in [0, 0.05) is 37.4 Å². The predicted octanol–water partition coefficient (Wildman–Crippen LogP) is 5.89. The lowest BCUT2D eigenvalue weighted by molar-refractivity contribution is -0.393. The number of nitro groups is 2. The number of azo groups is 1. The van der Waals surface area contributed by atoms with E-state index in [1.54, 1.807) is 18.2 Å². The van der Waals surface area contributed by atoms with E-state index in [1.165, 1.54) is 6.92 Å². The summed E-state index contributed by atoms with van der Waals surface area (Å²) in [6.45, 7) is 12.2. The lowest BCUT2D eigenvalue weighted by Gasteiger charge is -2.47. The van der Waals surface area contributed by atoms with Crippen LogP contribution in [0.15, 0.2) is 34.5 Å². The van der Waals surface area contributed by atoms with Crippen LogP contribution >= 0.6 is 0 Å². The number of hydrogen-bond donors (Lipinski definition) is 1. The van der Waals surface area contributed by atoms with E-state index in [9.17, 15) is 30.3 Å². The second-order valence-electron chi connectivity index (χ2n) is 10.2. The molecule has 1 atom stereocenters. The van der Waals surface area contributed by atoms with Gasteiger partial charge < -0.3 is 19.7 Å². The van der Waals surface area contributed by atoms with Gasteiger partial charge in [0.15, 0.2) is 5.69 Å². The highest BCUT2D eigenvalue weighted by atomic mass is 16.6. The first kappa shape index (κ1) is 31.1. The number of hydrogen-bond acceptors (Lipinski definition) is 11. The lowest BCUT2D eigenvalue weighted by Crippen LogP contribution is -2.49. The predicted molar refractivity (Wildman–Crippen MR) is 151 cm³/mol. The van der Waals surface area contributed by atoms with Crippen LogP contribution in [0.2, 0.25) is 0 Å². The van der Waals surface area contributed by atoms with Crippen LogP contribution in [0.3, 0.4) is 0 Å². The van der Waals surface area contributed by atoms with Crippen LogP contribution in [0, 0.1) is 31.6 Å². The fourth-order valence-electron chi connectivity index (χ4n) is 4.98. The molecule has 0 spiro atoms. The molecule has 0 aliphatic carbocycles. The van der Waals surface area contributed by atoms with Crippen molar-refractivity contribution in [2.24, 2.45) is 10.2 Å². The number of rotatable bonds is 12. The minimum Gasteiger partial charge on any atom is -0.379 e. The van der Waals surface area contributed by atoms with Crippen molar-refractivity contribution >= 4 is 40.0 Å². The molecule has 0 bridgehead atoms. The molecule has 0 unspecified atom stereocenters. The van der Waals surface area contributed by atoms with Gasteiger partial charge in [-0.25, -0.2) is 0 Å². The second-order valence-corrected chi connectivity index (χ2v) is 10.2.